The molecule has 0 aromatic carbocycles. The van der Waals surface area contributed by atoms with Gasteiger partial charge in [0.15, 0.2) is 0 Å². The molecule has 6 nitrogen and oxygen atoms in total. The molecule has 102 valence electrons. The second-order valence-corrected chi connectivity index (χ2v) is 4.30. The van der Waals surface area contributed by atoms with Crippen LogP contribution in [0.3, 0.4) is 0 Å². The molecule has 3 N–H and O–H groups in total. The number of methoxy groups -OCH3 is 1. The zero-order valence-corrected chi connectivity index (χ0v) is 11.5. The number of nitrogens with two attached hydrogens (primary N) is 1. The molecule has 0 fully saturated rings. The summed E-state index contributed by atoms with van der Waals surface area (Å²) in [6, 6.07) is -0.318. The number of hydrogen-bond donors (Lipinski definition) is 2. The van der Waals surface area contributed by atoms with Crippen molar-refractivity contribution in [3.8, 4) is 5.88 Å². The van der Waals surface area contributed by atoms with E-state index < -0.39 is 0 Å². The van der Waals surface area contributed by atoms with Gasteiger partial charge in [-0.3, -0.25) is 10.8 Å². The molecule has 0 aliphatic heterocycles. The minimum absolute atomic E-state index is 0.318. The lowest BCUT2D eigenvalue weighted by molar-refractivity contribution is 0.382. The number of ether oxygens (including phenoxy) is 1. The molecule has 1 unspecified atom stereocenters. The predicted octanol–water partition coefficient (Wildman–Crippen LogP) is 1.56. The number of nitrogens with one attached hydrogen (secondary N) is 1. The first kappa shape index (κ1) is 13.5. The van der Waals surface area contributed by atoms with Crippen molar-refractivity contribution in [1.29, 1.82) is 0 Å². The second-order valence-electron chi connectivity index (χ2n) is 4.30. The van der Waals surface area contributed by atoms with Crippen LogP contribution < -0.4 is 16.0 Å². The fraction of sp³-hybridized carbons (Fsp3) is 0.385. The highest BCUT2D eigenvalue weighted by molar-refractivity contribution is 5.40. The van der Waals surface area contributed by atoms with Crippen molar-refractivity contribution in [1.82, 2.24) is 15.4 Å². The van der Waals surface area contributed by atoms with Gasteiger partial charge in [0.25, 0.3) is 0 Å². The lowest BCUT2D eigenvalue weighted by Gasteiger charge is -2.17. The number of aromatic nitrogens is 2. The molecular weight excluding hydrogens is 244 g/mol. The highest BCUT2D eigenvalue weighted by Gasteiger charge is 2.26. The summed E-state index contributed by atoms with van der Waals surface area (Å²) in [5.41, 5.74) is 5.42. The average molecular weight is 262 g/mol. The molecule has 0 radical (unpaired) electrons. The Morgan fingerprint density at radius 3 is 2.42 bits per heavy atom. The van der Waals surface area contributed by atoms with E-state index in [0.29, 0.717) is 11.6 Å². The van der Waals surface area contributed by atoms with E-state index >= 15 is 0 Å². The van der Waals surface area contributed by atoms with Crippen LogP contribution in [0.25, 0.3) is 0 Å². The van der Waals surface area contributed by atoms with Crippen LogP contribution in [-0.4, -0.2) is 17.1 Å². The molecule has 2 aromatic rings. The Balaban J connectivity index is 2.56. The van der Waals surface area contributed by atoms with E-state index in [0.717, 1.165) is 22.6 Å². The van der Waals surface area contributed by atoms with Crippen LogP contribution in [0.1, 0.15) is 34.4 Å². The normalized spacial score (nSPS) is 12.5. The third-order valence-electron chi connectivity index (χ3n) is 3.23. The van der Waals surface area contributed by atoms with E-state index in [9.17, 15) is 0 Å². The van der Waals surface area contributed by atoms with Crippen molar-refractivity contribution in [2.45, 2.75) is 26.8 Å². The van der Waals surface area contributed by atoms with Crippen molar-refractivity contribution in [3.63, 3.8) is 0 Å². The summed E-state index contributed by atoms with van der Waals surface area (Å²) >= 11 is 0. The van der Waals surface area contributed by atoms with Crippen molar-refractivity contribution in [2.75, 3.05) is 7.11 Å². The molecule has 2 rings (SSSR count). The minimum Gasteiger partial charge on any atom is -0.480 e. The lowest BCUT2D eigenvalue weighted by Crippen LogP contribution is -2.30. The zero-order chi connectivity index (χ0) is 14.0. The molecule has 2 aromatic heterocycles. The Morgan fingerprint density at radius 1 is 1.21 bits per heavy atom. The molecular formula is C13H18N4O2. The van der Waals surface area contributed by atoms with E-state index in [1.54, 1.807) is 19.5 Å². The summed E-state index contributed by atoms with van der Waals surface area (Å²) in [5, 5.41) is 0. The first-order valence-corrected chi connectivity index (χ1v) is 5.97. The lowest BCUT2D eigenvalue weighted by atomic mass is 10.00. The largest absolute Gasteiger partial charge is 0.480 e. The Morgan fingerprint density at radius 2 is 1.89 bits per heavy atom. The van der Waals surface area contributed by atoms with Crippen molar-refractivity contribution < 1.29 is 9.15 Å². The number of rotatable bonds is 4. The fourth-order valence-corrected chi connectivity index (χ4v) is 2.22. The molecule has 6 heteroatoms. The molecule has 0 saturated heterocycles. The van der Waals surface area contributed by atoms with Crippen LogP contribution in [0.2, 0.25) is 0 Å². The maximum atomic E-state index is 5.69. The summed E-state index contributed by atoms with van der Waals surface area (Å²) < 4.78 is 10.9. The van der Waals surface area contributed by atoms with E-state index in [1.807, 2.05) is 20.8 Å². The third kappa shape index (κ3) is 2.32. The number of hydrogen-bond acceptors (Lipinski definition) is 6. The summed E-state index contributed by atoms with van der Waals surface area (Å²) in [5.74, 6) is 7.82. The smallest absolute Gasteiger partial charge is 0.237 e. The highest BCUT2D eigenvalue weighted by atomic mass is 16.5. The van der Waals surface area contributed by atoms with Crippen LogP contribution in [0, 0.1) is 20.8 Å². The van der Waals surface area contributed by atoms with Gasteiger partial charge in [0.2, 0.25) is 5.88 Å². The van der Waals surface area contributed by atoms with E-state index in [2.05, 4.69) is 15.4 Å². The molecule has 1 atom stereocenters. The third-order valence-corrected chi connectivity index (χ3v) is 3.23. The van der Waals surface area contributed by atoms with Gasteiger partial charge in [0.1, 0.15) is 17.2 Å². The van der Waals surface area contributed by atoms with Gasteiger partial charge in [0, 0.05) is 18.0 Å². The first-order chi connectivity index (χ1) is 9.10. The molecule has 2 heterocycles. The molecule has 0 aliphatic rings. The van der Waals surface area contributed by atoms with Gasteiger partial charge in [-0.1, -0.05) is 0 Å². The van der Waals surface area contributed by atoms with Gasteiger partial charge in [-0.25, -0.2) is 10.4 Å². The maximum absolute atomic E-state index is 5.69. The number of hydrazine groups is 1. The van der Waals surface area contributed by atoms with E-state index in [-0.39, 0.29) is 6.04 Å². The van der Waals surface area contributed by atoms with Gasteiger partial charge in [-0.2, -0.15) is 0 Å². The number of aryl methyl sites for hydroxylation is 2. The van der Waals surface area contributed by atoms with Crippen LogP contribution in [0.4, 0.5) is 0 Å². The van der Waals surface area contributed by atoms with Crippen molar-refractivity contribution >= 4 is 0 Å². The number of furan rings is 1. The molecule has 0 bridgehead atoms. The van der Waals surface area contributed by atoms with Gasteiger partial charge < -0.3 is 9.15 Å². The summed E-state index contributed by atoms with van der Waals surface area (Å²) in [4.78, 5) is 8.46. The van der Waals surface area contributed by atoms with Gasteiger partial charge in [0.05, 0.1) is 13.2 Å². The monoisotopic (exact) mass is 262 g/mol. The topological polar surface area (TPSA) is 86.2 Å². The molecule has 0 amide bonds. The van der Waals surface area contributed by atoms with Crippen LogP contribution in [0.15, 0.2) is 16.8 Å². The van der Waals surface area contributed by atoms with Gasteiger partial charge in [-0.05, 0) is 26.3 Å². The summed E-state index contributed by atoms with van der Waals surface area (Å²) in [7, 11) is 1.56. The number of nitrogens with zero attached hydrogens (tertiary/aromatic N) is 2. The Labute approximate surface area is 112 Å². The Kier molecular flexibility index (Phi) is 3.82. The maximum Gasteiger partial charge on any atom is 0.237 e. The van der Waals surface area contributed by atoms with Crippen LogP contribution in [-0.2, 0) is 0 Å². The SMILES string of the molecule is COc1nccnc1C(NN)c1c(C)oc(C)c1C. The summed E-state index contributed by atoms with van der Waals surface area (Å²) in [6.07, 6.45) is 3.19. The van der Waals surface area contributed by atoms with Gasteiger partial charge >= 0.3 is 0 Å². The molecule has 0 spiro atoms. The fourth-order valence-electron chi connectivity index (χ4n) is 2.22. The summed E-state index contributed by atoms with van der Waals surface area (Å²) in [6.45, 7) is 5.82. The quantitative estimate of drug-likeness (QED) is 0.642. The highest BCUT2D eigenvalue weighted by Crippen LogP contribution is 2.32. The van der Waals surface area contributed by atoms with Crippen LogP contribution in [0.5, 0.6) is 5.88 Å². The zero-order valence-electron chi connectivity index (χ0n) is 11.5. The second kappa shape index (κ2) is 5.38. The first-order valence-electron chi connectivity index (χ1n) is 5.97. The Hall–Kier alpha value is -1.92. The molecule has 19 heavy (non-hydrogen) atoms. The minimum atomic E-state index is -0.318. The van der Waals surface area contributed by atoms with E-state index in [1.165, 1.54) is 0 Å². The molecule has 0 saturated carbocycles. The van der Waals surface area contributed by atoms with Crippen LogP contribution >= 0.6 is 0 Å². The predicted molar refractivity (Wildman–Crippen MR) is 70.7 cm³/mol. The van der Waals surface area contributed by atoms with Crippen molar-refractivity contribution in [3.05, 3.63) is 40.7 Å². The molecule has 0 aliphatic carbocycles. The average Bonchev–Trinajstić information content (AvgIpc) is 2.67. The van der Waals surface area contributed by atoms with Gasteiger partial charge in [-0.15, -0.1) is 0 Å². The van der Waals surface area contributed by atoms with E-state index in [4.69, 9.17) is 15.0 Å². The Bertz CT molecular complexity index is 580. The standard InChI is InChI=1S/C13H18N4O2/c1-7-8(2)19-9(3)10(7)11(17-14)12-13(18-4)16-6-5-15-12/h5-6,11,17H,14H2,1-4H3. The van der Waals surface area contributed by atoms with Crippen molar-refractivity contribution in [2.24, 2.45) is 5.84 Å².